The molecule has 0 spiro atoms. The normalized spacial score (nSPS) is 26.9. The molecule has 0 bridgehead atoms. The number of alkyl halides is 1. The lowest BCUT2D eigenvalue weighted by atomic mass is 9.75. The topological polar surface area (TPSA) is 9.23 Å². The van der Waals surface area contributed by atoms with Crippen LogP contribution in [0.2, 0.25) is 0 Å². The highest BCUT2D eigenvalue weighted by molar-refractivity contribution is 14.1. The number of fused-ring (bicyclic) bond motifs is 1. The van der Waals surface area contributed by atoms with Gasteiger partial charge in [0, 0.05) is 14.7 Å². The van der Waals surface area contributed by atoms with Crippen LogP contribution in [0, 0.1) is 0 Å². The Kier molecular flexibility index (Phi) is 3.47. The van der Waals surface area contributed by atoms with Gasteiger partial charge in [-0.2, -0.15) is 0 Å². The summed E-state index contributed by atoms with van der Waals surface area (Å²) in [5, 5.41) is 2.13. The summed E-state index contributed by atoms with van der Waals surface area (Å²) in [6.07, 6.45) is 0.185. The molecule has 18 heavy (non-hydrogen) atoms. The lowest BCUT2D eigenvalue weighted by molar-refractivity contribution is -0.0179. The lowest BCUT2D eigenvalue weighted by Gasteiger charge is -2.41. The lowest BCUT2D eigenvalue weighted by Crippen LogP contribution is -2.37. The zero-order valence-electron chi connectivity index (χ0n) is 10.2. The third-order valence-electron chi connectivity index (χ3n) is 3.70. The maximum absolute atomic E-state index is 6.16. The molecule has 3 heteroatoms. The second kappa shape index (κ2) is 4.94. The Labute approximate surface area is 125 Å². The number of benzene rings is 1. The summed E-state index contributed by atoms with van der Waals surface area (Å²) in [6, 6.07) is 13.0. The van der Waals surface area contributed by atoms with Crippen LogP contribution in [0.25, 0.3) is 0 Å². The first-order valence-corrected chi connectivity index (χ1v) is 8.45. The van der Waals surface area contributed by atoms with Crippen LogP contribution in [0.5, 0.6) is 0 Å². The monoisotopic (exact) mass is 370 g/mol. The van der Waals surface area contributed by atoms with Crippen LogP contribution in [0.15, 0.2) is 41.8 Å². The van der Waals surface area contributed by atoms with E-state index >= 15 is 0 Å². The fraction of sp³-hybridized carbons (Fsp3) is 0.333. The molecule has 0 unspecified atom stereocenters. The smallest absolute Gasteiger partial charge is 0.102 e. The highest BCUT2D eigenvalue weighted by atomic mass is 127. The maximum Gasteiger partial charge on any atom is 0.102 e. The van der Waals surface area contributed by atoms with E-state index in [1.807, 2.05) is 0 Å². The zero-order valence-corrected chi connectivity index (χ0v) is 13.2. The molecular formula is C15H15IOS. The van der Waals surface area contributed by atoms with Gasteiger partial charge in [-0.05, 0) is 22.6 Å². The Hall–Kier alpha value is -0.390. The van der Waals surface area contributed by atoms with Gasteiger partial charge in [-0.25, -0.2) is 0 Å². The molecule has 0 amide bonds. The maximum atomic E-state index is 6.16. The van der Waals surface area contributed by atoms with Gasteiger partial charge < -0.3 is 4.74 Å². The molecule has 1 aromatic carbocycles. The van der Waals surface area contributed by atoms with E-state index in [1.54, 1.807) is 11.3 Å². The highest BCUT2D eigenvalue weighted by Gasteiger charge is 2.41. The predicted octanol–water partition coefficient (Wildman–Crippen LogP) is 4.71. The molecule has 0 fully saturated rings. The SMILES string of the molecule is C[C@]1(CI)c2ccccc2CO[C@H]1c1cccs1. The molecule has 94 valence electrons. The summed E-state index contributed by atoms with van der Waals surface area (Å²) in [5.74, 6) is 0. The molecule has 1 aliphatic heterocycles. The molecule has 0 radical (unpaired) electrons. The van der Waals surface area contributed by atoms with Gasteiger partial charge in [-0.3, -0.25) is 0 Å². The first-order chi connectivity index (χ1) is 8.75. The Bertz CT molecular complexity index is 537. The van der Waals surface area contributed by atoms with E-state index in [0.717, 1.165) is 11.0 Å². The molecule has 1 nitrogen and oxygen atoms in total. The largest absolute Gasteiger partial charge is 0.367 e. The third kappa shape index (κ3) is 1.92. The molecule has 2 heterocycles. The van der Waals surface area contributed by atoms with Crippen molar-refractivity contribution in [2.45, 2.75) is 25.0 Å². The first kappa shape index (κ1) is 12.6. The standard InChI is InChI=1S/C15H15IOS/c1-15(10-16)12-6-3-2-5-11(12)9-17-14(15)13-7-4-8-18-13/h2-8,14H,9-10H2,1H3/t14-,15-/m0/s1. The van der Waals surface area contributed by atoms with Crippen LogP contribution in [0.4, 0.5) is 0 Å². The molecule has 3 rings (SSSR count). The van der Waals surface area contributed by atoms with E-state index in [2.05, 4.69) is 71.3 Å². The highest BCUT2D eigenvalue weighted by Crippen LogP contribution is 2.47. The van der Waals surface area contributed by atoms with Crippen molar-refractivity contribution in [3.8, 4) is 0 Å². The van der Waals surface area contributed by atoms with Gasteiger partial charge in [0.15, 0.2) is 0 Å². The molecule has 0 aliphatic carbocycles. The van der Waals surface area contributed by atoms with Crippen molar-refractivity contribution in [1.29, 1.82) is 0 Å². The van der Waals surface area contributed by atoms with Gasteiger partial charge in [0.1, 0.15) is 6.10 Å². The third-order valence-corrected chi connectivity index (χ3v) is 6.20. The van der Waals surface area contributed by atoms with Crippen LogP contribution in [-0.4, -0.2) is 4.43 Å². The molecule has 2 aromatic rings. The summed E-state index contributed by atoms with van der Waals surface area (Å²) >= 11 is 4.28. The zero-order chi connectivity index (χ0) is 12.6. The van der Waals surface area contributed by atoms with Crippen molar-refractivity contribution >= 4 is 33.9 Å². The van der Waals surface area contributed by atoms with E-state index in [-0.39, 0.29) is 11.5 Å². The number of ether oxygens (including phenoxy) is 1. The number of halogens is 1. The summed E-state index contributed by atoms with van der Waals surface area (Å²) in [5.41, 5.74) is 2.86. The van der Waals surface area contributed by atoms with Crippen LogP contribution >= 0.6 is 33.9 Å². The number of hydrogen-bond donors (Lipinski definition) is 0. The molecule has 1 aliphatic rings. The van der Waals surface area contributed by atoms with Gasteiger partial charge in [-0.1, -0.05) is 59.8 Å². The summed E-state index contributed by atoms with van der Waals surface area (Å²) < 4.78 is 7.22. The fourth-order valence-corrected chi connectivity index (χ4v) is 4.41. The summed E-state index contributed by atoms with van der Waals surface area (Å²) in [7, 11) is 0. The average Bonchev–Trinajstić information content (AvgIpc) is 2.93. The molecule has 1 aromatic heterocycles. The molecule has 2 atom stereocenters. The second-order valence-electron chi connectivity index (χ2n) is 4.91. The van der Waals surface area contributed by atoms with Gasteiger partial charge in [0.05, 0.1) is 6.61 Å². The van der Waals surface area contributed by atoms with Crippen molar-refractivity contribution in [3.63, 3.8) is 0 Å². The van der Waals surface area contributed by atoms with Crippen LogP contribution in [0.1, 0.15) is 29.0 Å². The van der Waals surface area contributed by atoms with E-state index < -0.39 is 0 Å². The number of thiophene rings is 1. The number of hydrogen-bond acceptors (Lipinski definition) is 2. The summed E-state index contributed by atoms with van der Waals surface area (Å²) in [6.45, 7) is 3.05. The van der Waals surface area contributed by atoms with Crippen molar-refractivity contribution < 1.29 is 4.74 Å². The second-order valence-corrected chi connectivity index (χ2v) is 6.66. The minimum absolute atomic E-state index is 0.0697. The minimum Gasteiger partial charge on any atom is -0.367 e. The van der Waals surface area contributed by atoms with Crippen LogP contribution in [-0.2, 0) is 16.8 Å². The fourth-order valence-electron chi connectivity index (χ4n) is 2.68. The molecule has 0 saturated carbocycles. The van der Waals surface area contributed by atoms with Crippen molar-refractivity contribution in [2.75, 3.05) is 4.43 Å². The van der Waals surface area contributed by atoms with Crippen molar-refractivity contribution in [1.82, 2.24) is 0 Å². The molecule has 0 saturated heterocycles. The Balaban J connectivity index is 2.10. The van der Waals surface area contributed by atoms with E-state index in [0.29, 0.717) is 0 Å². The van der Waals surface area contributed by atoms with Gasteiger partial charge in [-0.15, -0.1) is 11.3 Å². The van der Waals surface area contributed by atoms with Gasteiger partial charge in [0.2, 0.25) is 0 Å². The number of rotatable bonds is 2. The Morgan fingerprint density at radius 2 is 2.17 bits per heavy atom. The van der Waals surface area contributed by atoms with E-state index in [9.17, 15) is 0 Å². The average molecular weight is 370 g/mol. The quantitative estimate of drug-likeness (QED) is 0.550. The Morgan fingerprint density at radius 3 is 2.89 bits per heavy atom. The predicted molar refractivity (Wildman–Crippen MR) is 84.5 cm³/mol. The van der Waals surface area contributed by atoms with Crippen molar-refractivity contribution in [2.24, 2.45) is 0 Å². The van der Waals surface area contributed by atoms with Crippen LogP contribution in [0.3, 0.4) is 0 Å². The van der Waals surface area contributed by atoms with Gasteiger partial charge in [0.25, 0.3) is 0 Å². The van der Waals surface area contributed by atoms with E-state index in [1.165, 1.54) is 16.0 Å². The molecule has 0 N–H and O–H groups in total. The first-order valence-electron chi connectivity index (χ1n) is 6.05. The Morgan fingerprint density at radius 1 is 1.33 bits per heavy atom. The summed E-state index contributed by atoms with van der Waals surface area (Å²) in [4.78, 5) is 1.34. The van der Waals surface area contributed by atoms with E-state index in [4.69, 9.17) is 4.74 Å². The van der Waals surface area contributed by atoms with Crippen LogP contribution < -0.4 is 0 Å². The molecular weight excluding hydrogens is 355 g/mol. The van der Waals surface area contributed by atoms with Gasteiger partial charge >= 0.3 is 0 Å². The van der Waals surface area contributed by atoms with Crippen molar-refractivity contribution in [3.05, 3.63) is 57.8 Å². The minimum atomic E-state index is 0.0697.